The molecule has 0 amide bonds. The quantitative estimate of drug-likeness (QED) is 0.0222. The number of esters is 4. The first-order chi connectivity index (χ1) is 44.9. The van der Waals surface area contributed by atoms with Crippen molar-refractivity contribution < 1.29 is 80.2 Å². The van der Waals surface area contributed by atoms with Gasteiger partial charge in [0, 0.05) is 25.7 Å². The summed E-state index contributed by atoms with van der Waals surface area (Å²) >= 11 is 0. The lowest BCUT2D eigenvalue weighted by molar-refractivity contribution is -0.161. The van der Waals surface area contributed by atoms with Crippen molar-refractivity contribution in [2.24, 2.45) is 11.8 Å². The highest BCUT2D eigenvalue weighted by molar-refractivity contribution is 7.47. The minimum atomic E-state index is -4.95. The molecule has 0 spiro atoms. The zero-order valence-corrected chi connectivity index (χ0v) is 62.3. The molecule has 0 rings (SSSR count). The molecular formula is C74H144O17P2. The lowest BCUT2D eigenvalue weighted by atomic mass is 10.0. The highest BCUT2D eigenvalue weighted by atomic mass is 31.2. The van der Waals surface area contributed by atoms with Gasteiger partial charge in [-0.05, 0) is 37.5 Å². The van der Waals surface area contributed by atoms with Crippen LogP contribution in [-0.2, 0) is 65.4 Å². The second-order valence-corrected chi connectivity index (χ2v) is 30.5. The molecule has 0 aliphatic carbocycles. The summed E-state index contributed by atoms with van der Waals surface area (Å²) in [5, 5.41) is 10.6. The minimum Gasteiger partial charge on any atom is -0.462 e. The molecule has 0 heterocycles. The maximum absolute atomic E-state index is 13.1. The van der Waals surface area contributed by atoms with E-state index in [0.29, 0.717) is 25.7 Å². The Labute approximate surface area is 568 Å². The minimum absolute atomic E-state index is 0.105. The third-order valence-electron chi connectivity index (χ3n) is 17.2. The van der Waals surface area contributed by atoms with Crippen molar-refractivity contribution in [2.75, 3.05) is 39.6 Å². The van der Waals surface area contributed by atoms with Crippen LogP contribution in [0.2, 0.25) is 0 Å². The lowest BCUT2D eigenvalue weighted by Crippen LogP contribution is -2.30. The topological polar surface area (TPSA) is 237 Å². The number of hydrogen-bond acceptors (Lipinski definition) is 15. The third kappa shape index (κ3) is 68.4. The monoisotopic (exact) mass is 1370 g/mol. The van der Waals surface area contributed by atoms with Gasteiger partial charge in [0.1, 0.15) is 19.3 Å². The van der Waals surface area contributed by atoms with Gasteiger partial charge < -0.3 is 33.8 Å². The van der Waals surface area contributed by atoms with Crippen molar-refractivity contribution >= 4 is 39.5 Å². The van der Waals surface area contributed by atoms with Gasteiger partial charge in [-0.1, -0.05) is 330 Å². The Bertz CT molecular complexity index is 1800. The first-order valence-corrected chi connectivity index (χ1v) is 41.5. The molecule has 0 aromatic heterocycles. The molecule has 0 aromatic rings. The Morgan fingerprint density at radius 2 is 0.495 bits per heavy atom. The van der Waals surface area contributed by atoms with Crippen molar-refractivity contribution in [3.8, 4) is 0 Å². The molecule has 3 N–H and O–H groups in total. The summed E-state index contributed by atoms with van der Waals surface area (Å²) in [5.41, 5.74) is 0. The maximum Gasteiger partial charge on any atom is 0.472 e. The Kier molecular flexibility index (Phi) is 64.6. The second kappa shape index (κ2) is 66.0. The summed E-state index contributed by atoms with van der Waals surface area (Å²) in [4.78, 5) is 72.4. The molecule has 0 aliphatic rings. The molecule has 0 aliphatic heterocycles. The first-order valence-electron chi connectivity index (χ1n) is 38.5. The standard InChI is InChI=1S/C74H144O17P2/c1-7-9-11-13-14-15-16-17-18-22-25-28-34-39-45-51-57-72(77)85-63-70(91-74(79)58-52-46-40-35-29-26-23-20-19-21-24-27-32-37-43-48-54-66(3)4)65-89-93(82,83)87-61-68(75)60-86-92(80,81)88-64-69(62-84-71(76)56-50-42-12-10-8-2)90-73(78)59-53-47-41-36-31-30-33-38-44-49-55-67(5)6/h66-70,75H,7-65H2,1-6H3,(H,80,81)(H,82,83)/t68-,69+,70+/m0/s1. The SMILES string of the molecule is CCCCCCCCCCCCCCCCCCC(=O)OC[C@H](COP(=O)(O)OC[C@@H](O)COP(=O)(O)OC[C@@H](COC(=O)CCCCCCC)OC(=O)CCCCCCCCCCCCC(C)C)OC(=O)CCCCCCCCCCCCCCCCCCC(C)C. The summed E-state index contributed by atoms with van der Waals surface area (Å²) in [6.45, 7) is 9.51. The van der Waals surface area contributed by atoms with Crippen LogP contribution >= 0.6 is 15.6 Å². The van der Waals surface area contributed by atoms with Crippen LogP contribution in [0.5, 0.6) is 0 Å². The van der Waals surface area contributed by atoms with Gasteiger partial charge in [-0.15, -0.1) is 0 Å². The molecule has 5 atom stereocenters. The van der Waals surface area contributed by atoms with Crippen molar-refractivity contribution in [1.82, 2.24) is 0 Å². The van der Waals surface area contributed by atoms with E-state index in [2.05, 4.69) is 41.5 Å². The van der Waals surface area contributed by atoms with Crippen LogP contribution < -0.4 is 0 Å². The molecule has 0 saturated carbocycles. The van der Waals surface area contributed by atoms with Crippen LogP contribution in [-0.4, -0.2) is 96.7 Å². The number of hydrogen-bond donors (Lipinski definition) is 3. The van der Waals surface area contributed by atoms with Crippen LogP contribution in [0.3, 0.4) is 0 Å². The van der Waals surface area contributed by atoms with E-state index in [1.807, 2.05) is 0 Å². The average Bonchev–Trinajstić information content (AvgIpc) is 3.46. The maximum atomic E-state index is 13.1. The molecular weight excluding hydrogens is 1220 g/mol. The van der Waals surface area contributed by atoms with Gasteiger partial charge in [0.2, 0.25) is 0 Å². The Hall–Kier alpha value is -1.94. The van der Waals surface area contributed by atoms with Gasteiger partial charge in [0.15, 0.2) is 12.2 Å². The number of aliphatic hydroxyl groups is 1. The molecule has 0 radical (unpaired) electrons. The van der Waals surface area contributed by atoms with E-state index in [-0.39, 0.29) is 25.7 Å². The number of phosphoric ester groups is 2. The average molecular weight is 1370 g/mol. The number of aliphatic hydroxyl groups excluding tert-OH is 1. The van der Waals surface area contributed by atoms with Gasteiger partial charge in [-0.2, -0.15) is 0 Å². The molecule has 93 heavy (non-hydrogen) atoms. The molecule has 2 unspecified atom stereocenters. The number of phosphoric acid groups is 2. The summed E-state index contributed by atoms with van der Waals surface area (Å²) in [6.07, 6.45) is 53.1. The van der Waals surface area contributed by atoms with E-state index in [4.69, 9.17) is 37.0 Å². The highest BCUT2D eigenvalue weighted by Gasteiger charge is 2.30. The fraction of sp³-hybridized carbons (Fsp3) is 0.946. The lowest BCUT2D eigenvalue weighted by Gasteiger charge is -2.21. The summed E-state index contributed by atoms with van der Waals surface area (Å²) in [7, 11) is -9.90. The molecule has 0 saturated heterocycles. The molecule has 19 heteroatoms. The van der Waals surface area contributed by atoms with Gasteiger partial charge in [-0.3, -0.25) is 37.3 Å². The van der Waals surface area contributed by atoms with Crippen molar-refractivity contribution in [3.63, 3.8) is 0 Å². The fourth-order valence-corrected chi connectivity index (χ4v) is 12.9. The molecule has 0 fully saturated rings. The number of rotatable bonds is 73. The first kappa shape index (κ1) is 91.1. The van der Waals surface area contributed by atoms with Gasteiger partial charge in [0.05, 0.1) is 26.4 Å². The zero-order chi connectivity index (χ0) is 68.6. The summed E-state index contributed by atoms with van der Waals surface area (Å²) in [6, 6.07) is 0. The Morgan fingerprint density at radius 1 is 0.290 bits per heavy atom. The summed E-state index contributed by atoms with van der Waals surface area (Å²) in [5.74, 6) is -0.567. The van der Waals surface area contributed by atoms with E-state index in [0.717, 1.165) is 108 Å². The van der Waals surface area contributed by atoms with Crippen molar-refractivity contribution in [3.05, 3.63) is 0 Å². The zero-order valence-electron chi connectivity index (χ0n) is 60.6. The number of ether oxygens (including phenoxy) is 4. The van der Waals surface area contributed by atoms with Crippen LogP contribution in [0.25, 0.3) is 0 Å². The van der Waals surface area contributed by atoms with Crippen LogP contribution in [0.15, 0.2) is 0 Å². The summed E-state index contributed by atoms with van der Waals surface area (Å²) < 4.78 is 68.2. The van der Waals surface area contributed by atoms with Gasteiger partial charge in [0.25, 0.3) is 0 Å². The van der Waals surface area contributed by atoms with E-state index in [9.17, 15) is 43.2 Å². The fourth-order valence-electron chi connectivity index (χ4n) is 11.3. The van der Waals surface area contributed by atoms with E-state index < -0.39 is 97.5 Å². The second-order valence-electron chi connectivity index (χ2n) is 27.6. The predicted octanol–water partition coefficient (Wildman–Crippen LogP) is 21.6. The molecule has 17 nitrogen and oxygen atoms in total. The van der Waals surface area contributed by atoms with Crippen LogP contribution in [0.1, 0.15) is 382 Å². The molecule has 0 aromatic carbocycles. The van der Waals surface area contributed by atoms with Crippen molar-refractivity contribution in [2.45, 2.75) is 400 Å². The highest BCUT2D eigenvalue weighted by Crippen LogP contribution is 2.45. The van der Waals surface area contributed by atoms with Crippen LogP contribution in [0.4, 0.5) is 0 Å². The van der Waals surface area contributed by atoms with E-state index >= 15 is 0 Å². The van der Waals surface area contributed by atoms with Crippen molar-refractivity contribution in [1.29, 1.82) is 0 Å². The normalized spacial score (nSPS) is 14.1. The van der Waals surface area contributed by atoms with Crippen LogP contribution in [0, 0.1) is 11.8 Å². The molecule has 0 bridgehead atoms. The predicted molar refractivity (Wildman–Crippen MR) is 377 cm³/mol. The molecule has 552 valence electrons. The Balaban J connectivity index is 5.14. The smallest absolute Gasteiger partial charge is 0.462 e. The number of carbonyl (C=O) groups excluding carboxylic acids is 4. The third-order valence-corrected chi connectivity index (χ3v) is 19.1. The van der Waals surface area contributed by atoms with E-state index in [1.54, 1.807) is 0 Å². The number of carbonyl (C=O) groups is 4. The number of unbranched alkanes of at least 4 members (excludes halogenated alkanes) is 43. The van der Waals surface area contributed by atoms with Gasteiger partial charge in [-0.25, -0.2) is 9.13 Å². The van der Waals surface area contributed by atoms with Gasteiger partial charge >= 0.3 is 39.5 Å². The van der Waals surface area contributed by atoms with E-state index in [1.165, 1.54) is 193 Å². The largest absolute Gasteiger partial charge is 0.472 e. The Morgan fingerprint density at radius 3 is 0.731 bits per heavy atom.